The molecule has 2 saturated heterocycles. The van der Waals surface area contributed by atoms with Crippen molar-refractivity contribution in [2.75, 3.05) is 0 Å². The van der Waals surface area contributed by atoms with Crippen molar-refractivity contribution >= 4 is 23.9 Å². The number of hydrogen-bond donors (Lipinski definition) is 4. The molecule has 4 rings (SSSR count). The summed E-state index contributed by atoms with van der Waals surface area (Å²) in [5.74, 6) is -0.772. The Morgan fingerprint density at radius 2 is 0.933 bits per heavy atom. The molecule has 30 heavy (non-hydrogen) atoms. The molecule has 2 fully saturated rings. The zero-order valence-electron chi connectivity index (χ0n) is 16.2. The Labute approximate surface area is 173 Å². The van der Waals surface area contributed by atoms with E-state index in [1.807, 2.05) is 36.4 Å². The molecule has 4 N–H and O–H groups in total. The van der Waals surface area contributed by atoms with Gasteiger partial charge in [0.25, 0.3) is 11.8 Å². The van der Waals surface area contributed by atoms with Gasteiger partial charge in [-0.3, -0.25) is 20.2 Å². The third kappa shape index (κ3) is 3.30. The molecular weight excluding hydrogens is 384 g/mol. The lowest BCUT2D eigenvalue weighted by atomic mass is 9.81. The largest absolute Gasteiger partial charge is 0.322 e. The number of urea groups is 2. The van der Waals surface area contributed by atoms with Gasteiger partial charge in [-0.25, -0.2) is 9.59 Å². The Hall–Kier alpha value is -3.68. The van der Waals surface area contributed by atoms with E-state index < -0.39 is 23.1 Å². The maximum Gasteiger partial charge on any atom is 0.322 e. The number of rotatable bonds is 7. The van der Waals surface area contributed by atoms with Gasteiger partial charge in [-0.2, -0.15) is 0 Å². The number of benzene rings is 2. The number of amides is 6. The molecule has 0 aromatic heterocycles. The molecule has 6 amide bonds. The van der Waals surface area contributed by atoms with Crippen molar-refractivity contribution in [1.82, 2.24) is 21.3 Å². The molecule has 8 nitrogen and oxygen atoms in total. The van der Waals surface area contributed by atoms with Crippen molar-refractivity contribution in [3.63, 3.8) is 0 Å². The lowest BCUT2D eigenvalue weighted by Crippen LogP contribution is -2.45. The summed E-state index contributed by atoms with van der Waals surface area (Å²) in [6.07, 6.45) is 1.85. The fraction of sp³-hybridized carbons (Fsp3) is 0.273. The maximum absolute atomic E-state index is 12.6. The Kier molecular flexibility index (Phi) is 4.99. The van der Waals surface area contributed by atoms with E-state index in [1.54, 1.807) is 24.3 Å². The highest BCUT2D eigenvalue weighted by molar-refractivity contribution is 6.08. The second kappa shape index (κ2) is 7.62. The van der Waals surface area contributed by atoms with Gasteiger partial charge in [-0.1, -0.05) is 73.5 Å². The zero-order valence-corrected chi connectivity index (χ0v) is 16.2. The van der Waals surface area contributed by atoms with Crippen LogP contribution in [0, 0.1) is 0 Å². The average Bonchev–Trinajstić information content (AvgIpc) is 3.21. The number of unbranched alkanes of at least 4 members (excludes halogenated alkanes) is 1. The first-order valence-electron chi connectivity index (χ1n) is 9.84. The Morgan fingerprint density at radius 3 is 1.23 bits per heavy atom. The molecule has 0 spiro atoms. The van der Waals surface area contributed by atoms with Gasteiger partial charge in [0, 0.05) is 0 Å². The molecule has 0 radical (unpaired) electrons. The third-order valence-electron chi connectivity index (χ3n) is 5.77. The van der Waals surface area contributed by atoms with Crippen LogP contribution >= 0.6 is 0 Å². The van der Waals surface area contributed by atoms with Crippen molar-refractivity contribution in [2.45, 2.75) is 36.8 Å². The van der Waals surface area contributed by atoms with Gasteiger partial charge in [0.2, 0.25) is 0 Å². The molecule has 2 aliphatic rings. The predicted molar refractivity (Wildman–Crippen MR) is 108 cm³/mol. The molecule has 0 bridgehead atoms. The van der Waals surface area contributed by atoms with Crippen LogP contribution < -0.4 is 21.3 Å². The standard InChI is InChI=1S/C22H22N4O4/c27-17-21(25-19(29)23-17,15-9-3-1-4-10-15)13-7-8-14-22(16-11-5-2-6-12-16)18(28)24-20(30)26-22/h1-6,9-12H,7-8,13-14H2,(H2,23,25,27,29)(H2,24,26,28,30). The van der Waals surface area contributed by atoms with E-state index in [9.17, 15) is 19.2 Å². The summed E-state index contributed by atoms with van der Waals surface area (Å²) in [6, 6.07) is 17.1. The molecule has 2 aromatic rings. The van der Waals surface area contributed by atoms with E-state index >= 15 is 0 Å². The van der Waals surface area contributed by atoms with E-state index in [-0.39, 0.29) is 11.8 Å². The lowest BCUT2D eigenvalue weighted by Gasteiger charge is -2.29. The fourth-order valence-corrected chi connectivity index (χ4v) is 4.26. The molecule has 8 heteroatoms. The number of hydrogen-bond acceptors (Lipinski definition) is 4. The minimum Gasteiger partial charge on any atom is -0.319 e. The van der Waals surface area contributed by atoms with E-state index in [2.05, 4.69) is 21.3 Å². The van der Waals surface area contributed by atoms with Gasteiger partial charge in [0.05, 0.1) is 0 Å². The van der Waals surface area contributed by atoms with Gasteiger partial charge >= 0.3 is 12.1 Å². The van der Waals surface area contributed by atoms with Crippen LogP contribution in [0.3, 0.4) is 0 Å². The summed E-state index contributed by atoms with van der Waals surface area (Å²) in [5.41, 5.74) is -0.866. The second-order valence-corrected chi connectivity index (χ2v) is 7.57. The van der Waals surface area contributed by atoms with E-state index in [0.717, 1.165) is 0 Å². The molecule has 0 saturated carbocycles. The first-order chi connectivity index (χ1) is 14.5. The van der Waals surface area contributed by atoms with Crippen LogP contribution in [0.25, 0.3) is 0 Å². The van der Waals surface area contributed by atoms with Gasteiger partial charge in [-0.15, -0.1) is 0 Å². The normalized spacial score (nSPS) is 25.5. The molecule has 2 heterocycles. The van der Waals surface area contributed by atoms with E-state index in [4.69, 9.17) is 0 Å². The van der Waals surface area contributed by atoms with Crippen molar-refractivity contribution < 1.29 is 19.2 Å². The number of imide groups is 2. The highest BCUT2D eigenvalue weighted by atomic mass is 16.2. The van der Waals surface area contributed by atoms with Gasteiger partial charge in [0.15, 0.2) is 0 Å². The highest BCUT2D eigenvalue weighted by Gasteiger charge is 2.49. The van der Waals surface area contributed by atoms with Crippen molar-refractivity contribution in [1.29, 1.82) is 0 Å². The van der Waals surface area contributed by atoms with Gasteiger partial charge in [0.1, 0.15) is 11.1 Å². The molecule has 2 unspecified atom stereocenters. The van der Waals surface area contributed by atoms with Crippen LogP contribution in [0.15, 0.2) is 60.7 Å². The van der Waals surface area contributed by atoms with Gasteiger partial charge < -0.3 is 10.6 Å². The quantitative estimate of drug-likeness (QED) is 0.416. The van der Waals surface area contributed by atoms with Crippen LogP contribution in [0.5, 0.6) is 0 Å². The Balaban J connectivity index is 1.51. The first kappa shape index (κ1) is 19.6. The highest BCUT2D eigenvalue weighted by Crippen LogP contribution is 2.34. The molecule has 2 aliphatic heterocycles. The average molecular weight is 406 g/mol. The number of nitrogens with one attached hydrogen (secondary N) is 4. The van der Waals surface area contributed by atoms with Crippen LogP contribution in [0.2, 0.25) is 0 Å². The Bertz CT molecular complexity index is 913. The smallest absolute Gasteiger partial charge is 0.319 e. The summed E-state index contributed by atoms with van der Waals surface area (Å²) >= 11 is 0. The van der Waals surface area contributed by atoms with Crippen molar-refractivity contribution in [3.8, 4) is 0 Å². The monoisotopic (exact) mass is 406 g/mol. The summed E-state index contributed by atoms with van der Waals surface area (Å²) in [4.78, 5) is 49.0. The summed E-state index contributed by atoms with van der Waals surface area (Å²) < 4.78 is 0. The molecule has 2 aromatic carbocycles. The van der Waals surface area contributed by atoms with E-state index in [0.29, 0.717) is 36.8 Å². The SMILES string of the molecule is O=C1NC(=O)C(CCCCC2(c3ccccc3)NC(=O)NC2=O)(c2ccccc2)N1. The van der Waals surface area contributed by atoms with Crippen molar-refractivity contribution in [2.24, 2.45) is 0 Å². The predicted octanol–water partition coefficient (Wildman–Crippen LogP) is 2.02. The van der Waals surface area contributed by atoms with E-state index in [1.165, 1.54) is 0 Å². The second-order valence-electron chi connectivity index (χ2n) is 7.57. The molecule has 0 aliphatic carbocycles. The van der Waals surface area contributed by atoms with Crippen LogP contribution in [0.1, 0.15) is 36.8 Å². The third-order valence-corrected chi connectivity index (χ3v) is 5.77. The number of carbonyl (C=O) groups is 4. The molecule has 2 atom stereocenters. The van der Waals surface area contributed by atoms with Gasteiger partial charge in [-0.05, 0) is 24.0 Å². The summed E-state index contributed by atoms with van der Waals surface area (Å²) in [6.45, 7) is 0. The summed E-state index contributed by atoms with van der Waals surface area (Å²) in [5, 5.41) is 10.2. The minimum absolute atomic E-state index is 0.370. The zero-order chi connectivity index (χ0) is 21.2. The lowest BCUT2D eigenvalue weighted by molar-refractivity contribution is -0.125. The van der Waals surface area contributed by atoms with Crippen LogP contribution in [-0.2, 0) is 20.7 Å². The topological polar surface area (TPSA) is 116 Å². The summed E-state index contributed by atoms with van der Waals surface area (Å²) in [7, 11) is 0. The molecular formula is C22H22N4O4. The fourth-order valence-electron chi connectivity index (χ4n) is 4.26. The maximum atomic E-state index is 12.6. The number of carbonyl (C=O) groups excluding carboxylic acids is 4. The van der Waals surface area contributed by atoms with Crippen molar-refractivity contribution in [3.05, 3.63) is 71.8 Å². The Morgan fingerprint density at radius 1 is 0.567 bits per heavy atom. The minimum atomic E-state index is -1.14. The van der Waals surface area contributed by atoms with Crippen LogP contribution in [0.4, 0.5) is 9.59 Å². The first-order valence-corrected chi connectivity index (χ1v) is 9.84. The molecule has 154 valence electrons. The van der Waals surface area contributed by atoms with Crippen LogP contribution in [-0.4, -0.2) is 23.9 Å².